The first kappa shape index (κ1) is 26.1. The number of hydrogen-bond acceptors (Lipinski definition) is 6. The molecule has 3 heterocycles. The molecule has 10 heteroatoms. The summed E-state index contributed by atoms with van der Waals surface area (Å²) >= 11 is 6.08. The Morgan fingerprint density at radius 2 is 1.84 bits per heavy atom. The van der Waals surface area contributed by atoms with Crippen molar-refractivity contribution in [2.75, 3.05) is 5.32 Å². The molecule has 0 saturated heterocycles. The molecule has 0 aliphatic carbocycles. The van der Waals surface area contributed by atoms with E-state index in [1.54, 1.807) is 37.7 Å². The number of aryl methyl sites for hydroxylation is 2. The number of nitrogens with zero attached hydrogens (tertiary/aromatic N) is 4. The van der Waals surface area contributed by atoms with Gasteiger partial charge in [-0.3, -0.25) is 19.8 Å². The number of benzene rings is 1. The molecule has 0 fully saturated rings. The van der Waals surface area contributed by atoms with E-state index in [0.29, 0.717) is 28.6 Å². The second kappa shape index (κ2) is 10.6. The minimum absolute atomic E-state index is 0.251. The number of hydrogen-bond donors (Lipinski definition) is 2. The zero-order valence-electron chi connectivity index (χ0n) is 21.4. The first-order valence-electron chi connectivity index (χ1n) is 11.8. The normalized spacial score (nSPS) is 11.4. The summed E-state index contributed by atoms with van der Waals surface area (Å²) in [5.74, 6) is 0.143. The lowest BCUT2D eigenvalue weighted by Gasteiger charge is -2.20. The first-order valence-corrected chi connectivity index (χ1v) is 12.2. The van der Waals surface area contributed by atoms with Crippen molar-refractivity contribution >= 4 is 40.3 Å². The minimum atomic E-state index is -0.605. The van der Waals surface area contributed by atoms with E-state index in [4.69, 9.17) is 16.3 Å². The number of carbonyl (C=O) groups is 2. The quantitative estimate of drug-likeness (QED) is 0.351. The van der Waals surface area contributed by atoms with Crippen LogP contribution >= 0.6 is 11.6 Å². The average Bonchev–Trinajstić information content (AvgIpc) is 3.25. The molecule has 3 aromatic heterocycles. The molecule has 1 aromatic carbocycles. The van der Waals surface area contributed by atoms with Crippen molar-refractivity contribution in [1.29, 1.82) is 0 Å². The number of amides is 2. The molecular formula is C27H29ClN6O3. The second-order valence-electron chi connectivity index (χ2n) is 9.76. The Kier molecular flexibility index (Phi) is 7.45. The van der Waals surface area contributed by atoms with Gasteiger partial charge >= 0.3 is 6.09 Å². The Morgan fingerprint density at radius 3 is 2.57 bits per heavy atom. The molecule has 0 saturated carbocycles. The van der Waals surface area contributed by atoms with Crippen molar-refractivity contribution in [1.82, 2.24) is 25.1 Å². The van der Waals surface area contributed by atoms with Crippen LogP contribution < -0.4 is 10.6 Å². The summed E-state index contributed by atoms with van der Waals surface area (Å²) in [4.78, 5) is 33.9. The monoisotopic (exact) mass is 520 g/mol. The smallest absolute Gasteiger partial charge is 0.413 e. The summed E-state index contributed by atoms with van der Waals surface area (Å²) in [6, 6.07) is 11.2. The number of rotatable bonds is 6. The van der Waals surface area contributed by atoms with Crippen LogP contribution in [0.1, 0.15) is 53.6 Å². The van der Waals surface area contributed by atoms with Crippen LogP contribution in [-0.4, -0.2) is 37.3 Å². The summed E-state index contributed by atoms with van der Waals surface area (Å²) in [6.45, 7) is 9.82. The summed E-state index contributed by atoms with van der Waals surface area (Å²) < 4.78 is 6.95. The van der Waals surface area contributed by atoms with E-state index in [1.807, 2.05) is 44.2 Å². The van der Waals surface area contributed by atoms with Crippen LogP contribution in [0.4, 0.5) is 10.6 Å². The van der Waals surface area contributed by atoms with Crippen molar-refractivity contribution < 1.29 is 14.3 Å². The van der Waals surface area contributed by atoms with Crippen LogP contribution in [0, 0.1) is 13.8 Å². The number of carbonyl (C=O) groups excluding carboxylic acids is 2. The van der Waals surface area contributed by atoms with Crippen LogP contribution in [0.5, 0.6) is 0 Å². The fourth-order valence-corrected chi connectivity index (χ4v) is 3.99. The second-order valence-corrected chi connectivity index (χ2v) is 10.2. The van der Waals surface area contributed by atoms with Crippen molar-refractivity contribution in [3.05, 3.63) is 81.9 Å². The summed E-state index contributed by atoms with van der Waals surface area (Å²) in [5, 5.41) is 11.5. The fraction of sp³-hybridized carbons (Fsp3) is 0.296. The SMILES string of the molecule is Cc1cc(NC(=O)OC(C)(C)C)nc(C)c1CNC(=O)c1cnn(Cc2ccc3ccc(Cl)cc3n2)c1. The van der Waals surface area contributed by atoms with Gasteiger partial charge in [0.15, 0.2) is 0 Å². The predicted molar refractivity (Wildman–Crippen MR) is 143 cm³/mol. The molecule has 0 radical (unpaired) electrons. The maximum atomic E-state index is 12.8. The van der Waals surface area contributed by atoms with E-state index in [-0.39, 0.29) is 12.5 Å². The lowest BCUT2D eigenvalue weighted by Crippen LogP contribution is -2.28. The topological polar surface area (TPSA) is 111 Å². The number of nitrogens with one attached hydrogen (secondary N) is 2. The van der Waals surface area contributed by atoms with Gasteiger partial charge < -0.3 is 10.1 Å². The Balaban J connectivity index is 1.38. The van der Waals surface area contributed by atoms with Crippen LogP contribution in [-0.2, 0) is 17.8 Å². The molecule has 9 nitrogen and oxygen atoms in total. The number of fused-ring (bicyclic) bond motifs is 1. The fourth-order valence-electron chi connectivity index (χ4n) is 3.82. The third kappa shape index (κ3) is 6.83. The van der Waals surface area contributed by atoms with Crippen LogP contribution in [0.3, 0.4) is 0 Å². The van der Waals surface area contributed by atoms with Crippen LogP contribution in [0.25, 0.3) is 10.9 Å². The summed E-state index contributed by atoms with van der Waals surface area (Å²) in [6.07, 6.45) is 2.64. The maximum Gasteiger partial charge on any atom is 0.413 e. The highest BCUT2D eigenvalue weighted by atomic mass is 35.5. The van der Waals surface area contributed by atoms with Gasteiger partial charge in [0.2, 0.25) is 0 Å². The highest BCUT2D eigenvalue weighted by Crippen LogP contribution is 2.19. The number of anilines is 1. The van der Waals surface area contributed by atoms with E-state index < -0.39 is 11.7 Å². The number of ether oxygens (including phenoxy) is 1. The van der Waals surface area contributed by atoms with Gasteiger partial charge in [0.1, 0.15) is 11.4 Å². The zero-order chi connectivity index (χ0) is 26.7. The summed E-state index contributed by atoms with van der Waals surface area (Å²) in [7, 11) is 0. The molecular weight excluding hydrogens is 492 g/mol. The lowest BCUT2D eigenvalue weighted by molar-refractivity contribution is 0.0635. The number of pyridine rings is 2. The average molecular weight is 521 g/mol. The van der Waals surface area contributed by atoms with E-state index in [2.05, 4.69) is 25.7 Å². The molecule has 4 rings (SSSR count). The molecule has 4 aromatic rings. The van der Waals surface area contributed by atoms with Gasteiger partial charge in [-0.1, -0.05) is 23.7 Å². The van der Waals surface area contributed by atoms with Gasteiger partial charge in [-0.2, -0.15) is 5.10 Å². The Hall–Kier alpha value is -3.98. The molecule has 2 N–H and O–H groups in total. The molecule has 192 valence electrons. The molecule has 0 atom stereocenters. The minimum Gasteiger partial charge on any atom is -0.444 e. The van der Waals surface area contributed by atoms with Gasteiger partial charge in [0.25, 0.3) is 5.91 Å². The molecule has 0 spiro atoms. The van der Waals surface area contributed by atoms with Crippen LogP contribution in [0.15, 0.2) is 48.8 Å². The zero-order valence-corrected chi connectivity index (χ0v) is 22.2. The van der Waals surface area contributed by atoms with E-state index >= 15 is 0 Å². The maximum absolute atomic E-state index is 12.8. The Labute approximate surface area is 220 Å². The highest BCUT2D eigenvalue weighted by molar-refractivity contribution is 6.31. The van der Waals surface area contributed by atoms with Gasteiger partial charge in [0.05, 0.1) is 29.5 Å². The molecule has 0 aliphatic rings. The van der Waals surface area contributed by atoms with Gasteiger partial charge in [-0.15, -0.1) is 0 Å². The van der Waals surface area contributed by atoms with E-state index in [1.165, 1.54) is 6.20 Å². The highest BCUT2D eigenvalue weighted by Gasteiger charge is 2.18. The predicted octanol–water partition coefficient (Wildman–Crippen LogP) is 5.42. The number of halogens is 1. The van der Waals surface area contributed by atoms with Gasteiger partial charge in [-0.05, 0) is 70.0 Å². The lowest BCUT2D eigenvalue weighted by atomic mass is 10.1. The van der Waals surface area contributed by atoms with Crippen molar-refractivity contribution in [2.24, 2.45) is 0 Å². The molecule has 2 amide bonds. The van der Waals surface area contributed by atoms with Gasteiger partial charge in [-0.25, -0.2) is 9.78 Å². The van der Waals surface area contributed by atoms with Crippen molar-refractivity contribution in [3.8, 4) is 0 Å². The standard InChI is InChI=1S/C27H29ClN6O3/c1-16-10-24(33-26(36)37-27(3,4)5)31-17(2)22(16)13-29-25(35)19-12-30-34(14-19)15-21-9-7-18-6-8-20(28)11-23(18)32-21/h6-12,14H,13,15H2,1-5H3,(H,29,35)(H,31,33,36). The molecule has 0 unspecified atom stereocenters. The number of aromatic nitrogens is 4. The van der Waals surface area contributed by atoms with E-state index in [9.17, 15) is 9.59 Å². The Morgan fingerprint density at radius 1 is 1.08 bits per heavy atom. The molecule has 0 aliphatic heterocycles. The largest absolute Gasteiger partial charge is 0.444 e. The molecule has 37 heavy (non-hydrogen) atoms. The molecule has 0 bridgehead atoms. The Bertz CT molecular complexity index is 1450. The third-order valence-electron chi connectivity index (χ3n) is 5.54. The summed E-state index contributed by atoms with van der Waals surface area (Å²) in [5.41, 5.74) is 3.90. The van der Waals surface area contributed by atoms with Crippen molar-refractivity contribution in [3.63, 3.8) is 0 Å². The third-order valence-corrected chi connectivity index (χ3v) is 5.78. The first-order chi connectivity index (χ1) is 17.5. The van der Waals surface area contributed by atoms with E-state index in [0.717, 1.165) is 27.7 Å². The van der Waals surface area contributed by atoms with Gasteiger partial charge in [0, 0.05) is 28.8 Å². The van der Waals surface area contributed by atoms with Crippen molar-refractivity contribution in [2.45, 2.75) is 53.3 Å². The van der Waals surface area contributed by atoms with Crippen LogP contribution in [0.2, 0.25) is 5.02 Å².